The number of rotatable bonds is 3. The van der Waals surface area contributed by atoms with Crippen LogP contribution >= 0.6 is 0 Å². The van der Waals surface area contributed by atoms with Crippen LogP contribution in [-0.2, 0) is 19.1 Å². The van der Waals surface area contributed by atoms with E-state index >= 15 is 0 Å². The zero-order valence-electron chi connectivity index (χ0n) is 23.1. The third-order valence-electron chi connectivity index (χ3n) is 8.54. The average Bonchev–Trinajstić information content (AvgIpc) is 3.32. The molecule has 2 aromatic rings. The van der Waals surface area contributed by atoms with Gasteiger partial charge in [-0.1, -0.05) is 39.3 Å². The van der Waals surface area contributed by atoms with Gasteiger partial charge in [-0.2, -0.15) is 0 Å². The Balaban J connectivity index is 1.63. The monoisotopic (exact) mass is 527 g/mol. The molecule has 0 aliphatic carbocycles. The summed E-state index contributed by atoms with van der Waals surface area (Å²) in [5.74, 6) is -1.19. The summed E-state index contributed by atoms with van der Waals surface area (Å²) in [5, 5.41) is 22.2. The second-order valence-corrected chi connectivity index (χ2v) is 11.9. The van der Waals surface area contributed by atoms with Crippen LogP contribution in [0.3, 0.4) is 0 Å². The second kappa shape index (κ2) is 10.9. The molecule has 0 radical (unpaired) electrons. The Morgan fingerprint density at radius 2 is 1.95 bits per heavy atom. The number of carbonyl (C=O) groups is 2. The van der Waals surface area contributed by atoms with Crippen LogP contribution in [0.1, 0.15) is 83.8 Å². The van der Waals surface area contributed by atoms with Crippen molar-refractivity contribution >= 4 is 22.9 Å². The third-order valence-corrected chi connectivity index (χ3v) is 8.54. The van der Waals surface area contributed by atoms with Gasteiger partial charge in [0.1, 0.15) is 17.4 Å². The van der Waals surface area contributed by atoms with E-state index in [1.807, 2.05) is 25.1 Å². The number of aryl methyl sites for hydroxylation is 1. The molecule has 208 valence electrons. The minimum absolute atomic E-state index is 0.0976. The van der Waals surface area contributed by atoms with Gasteiger partial charge in [0.05, 0.1) is 35.7 Å². The molecular formula is C30H41NO7. The number of nitrogens with zero attached hydrogens (tertiary/aromatic N) is 1. The first-order valence-corrected chi connectivity index (χ1v) is 13.6. The summed E-state index contributed by atoms with van der Waals surface area (Å²) >= 11 is 0. The first-order valence-electron chi connectivity index (χ1n) is 13.6. The molecule has 0 saturated carbocycles. The molecule has 4 rings (SSSR count). The molecule has 2 saturated heterocycles. The smallest absolute Gasteiger partial charge is 0.309 e. The SMILES string of the molecule is C=CC[C@H]1C(=O)C(C)(C)[C@@H](O)CC(=O)O[C@@H](c2ccc3oc(C)nc3c2)C[C@@H]2O[C@]2(C)CCC[C@H](C)[C@@H]1O. The van der Waals surface area contributed by atoms with Crippen LogP contribution in [0.15, 0.2) is 35.3 Å². The highest BCUT2D eigenvalue weighted by molar-refractivity contribution is 5.88. The first-order chi connectivity index (χ1) is 17.9. The highest BCUT2D eigenvalue weighted by Gasteiger charge is 2.53. The number of carbonyl (C=O) groups excluding carboxylic acids is 2. The largest absolute Gasteiger partial charge is 0.457 e. The number of aliphatic hydroxyl groups is 2. The Morgan fingerprint density at radius 1 is 1.21 bits per heavy atom. The van der Waals surface area contributed by atoms with Crippen LogP contribution in [0.4, 0.5) is 0 Å². The fourth-order valence-electron chi connectivity index (χ4n) is 5.70. The fourth-order valence-corrected chi connectivity index (χ4v) is 5.70. The van der Waals surface area contributed by atoms with E-state index in [0.717, 1.165) is 24.8 Å². The van der Waals surface area contributed by atoms with Gasteiger partial charge in [0.2, 0.25) is 0 Å². The van der Waals surface area contributed by atoms with Crippen LogP contribution in [0.5, 0.6) is 0 Å². The molecule has 0 amide bonds. The van der Waals surface area contributed by atoms with Crippen molar-refractivity contribution in [1.82, 2.24) is 4.98 Å². The number of Topliss-reactive ketones (excluding diaryl/α,β-unsaturated/α-hetero) is 1. The molecule has 1 aromatic carbocycles. The summed E-state index contributed by atoms with van der Waals surface area (Å²) in [6.07, 6.45) is 1.50. The van der Waals surface area contributed by atoms with E-state index in [4.69, 9.17) is 13.9 Å². The molecule has 8 heteroatoms. The van der Waals surface area contributed by atoms with E-state index < -0.39 is 35.6 Å². The van der Waals surface area contributed by atoms with E-state index in [1.165, 1.54) is 0 Å². The molecule has 0 unspecified atom stereocenters. The maximum atomic E-state index is 13.6. The Kier molecular flexibility index (Phi) is 8.17. The number of aliphatic hydroxyl groups excluding tert-OH is 2. The normalized spacial score (nSPS) is 34.9. The molecule has 1 aromatic heterocycles. The summed E-state index contributed by atoms with van der Waals surface area (Å²) < 4.78 is 17.6. The Hall–Kier alpha value is -2.55. The predicted molar refractivity (Wildman–Crippen MR) is 142 cm³/mol. The second-order valence-electron chi connectivity index (χ2n) is 11.9. The number of ketones is 1. The number of cyclic esters (lactones) is 1. The van der Waals surface area contributed by atoms with Crippen LogP contribution in [0.25, 0.3) is 11.1 Å². The molecule has 7 atom stereocenters. The summed E-state index contributed by atoms with van der Waals surface area (Å²) in [5.41, 5.74) is 0.481. The van der Waals surface area contributed by atoms with E-state index in [0.29, 0.717) is 29.8 Å². The van der Waals surface area contributed by atoms with E-state index in [2.05, 4.69) is 18.5 Å². The lowest BCUT2D eigenvalue weighted by molar-refractivity contribution is -0.156. The van der Waals surface area contributed by atoms with Crippen LogP contribution in [-0.4, -0.2) is 50.9 Å². The van der Waals surface area contributed by atoms with Gasteiger partial charge in [-0.3, -0.25) is 9.59 Å². The van der Waals surface area contributed by atoms with E-state index in [-0.39, 0.29) is 29.8 Å². The van der Waals surface area contributed by atoms with E-state index in [1.54, 1.807) is 26.8 Å². The maximum absolute atomic E-state index is 13.6. The lowest BCUT2D eigenvalue weighted by Gasteiger charge is -2.35. The minimum Gasteiger partial charge on any atom is -0.457 e. The number of fused-ring (bicyclic) bond motifs is 2. The molecule has 2 fully saturated rings. The highest BCUT2D eigenvalue weighted by Crippen LogP contribution is 2.47. The number of allylic oxidation sites excluding steroid dienone is 1. The summed E-state index contributed by atoms with van der Waals surface area (Å²) in [7, 11) is 0. The zero-order valence-corrected chi connectivity index (χ0v) is 23.1. The van der Waals surface area contributed by atoms with Gasteiger partial charge in [-0.05, 0) is 49.8 Å². The van der Waals surface area contributed by atoms with Gasteiger partial charge in [0.15, 0.2) is 11.5 Å². The Bertz CT molecular complexity index is 1190. The quantitative estimate of drug-likeness (QED) is 0.325. The molecule has 38 heavy (non-hydrogen) atoms. The zero-order chi connectivity index (χ0) is 27.8. The van der Waals surface area contributed by atoms with Crippen molar-refractivity contribution in [1.29, 1.82) is 0 Å². The lowest BCUT2D eigenvalue weighted by Crippen LogP contribution is -2.46. The van der Waals surface area contributed by atoms with Crippen molar-refractivity contribution in [3.63, 3.8) is 0 Å². The number of hydrogen-bond donors (Lipinski definition) is 2. The van der Waals surface area contributed by atoms with Crippen molar-refractivity contribution in [2.45, 2.75) is 103 Å². The molecule has 2 aliphatic heterocycles. The number of epoxide rings is 1. The van der Waals surface area contributed by atoms with Crippen molar-refractivity contribution in [3.05, 3.63) is 42.3 Å². The Morgan fingerprint density at radius 3 is 2.66 bits per heavy atom. The van der Waals surface area contributed by atoms with Gasteiger partial charge in [0.25, 0.3) is 0 Å². The van der Waals surface area contributed by atoms with E-state index in [9.17, 15) is 19.8 Å². The van der Waals surface area contributed by atoms with Gasteiger partial charge >= 0.3 is 5.97 Å². The summed E-state index contributed by atoms with van der Waals surface area (Å²) in [6, 6.07) is 5.53. The standard InChI is InChI=1S/C30H41NO7/c1-7-9-20-27(34)17(2)10-8-13-30(6)25(38-30)15-23(19-11-12-22-21(14-19)31-18(3)36-22)37-26(33)16-24(32)29(4,5)28(20)35/h7,11-12,14,17,20,23-25,27,32,34H,1,8-10,13,15-16H2,2-6H3/t17-,20+,23+,24-,25-,27-,30+/m0/s1. The molecule has 2 N–H and O–H groups in total. The predicted octanol–water partition coefficient (Wildman–Crippen LogP) is 4.99. The lowest BCUT2D eigenvalue weighted by atomic mass is 9.71. The number of aromatic nitrogens is 1. The van der Waals surface area contributed by atoms with Crippen molar-refractivity contribution < 1.29 is 33.7 Å². The fraction of sp³-hybridized carbons (Fsp3) is 0.633. The number of benzene rings is 1. The topological polar surface area (TPSA) is 122 Å². The number of oxazole rings is 1. The van der Waals surface area contributed by atoms with Crippen molar-refractivity contribution in [2.75, 3.05) is 0 Å². The maximum Gasteiger partial charge on any atom is 0.309 e. The molecule has 0 spiro atoms. The Labute approximate surface area is 224 Å². The van der Waals surface area contributed by atoms with Crippen molar-refractivity contribution in [3.8, 4) is 0 Å². The highest BCUT2D eigenvalue weighted by atomic mass is 16.6. The summed E-state index contributed by atoms with van der Waals surface area (Å²) in [6.45, 7) is 12.8. The van der Waals surface area contributed by atoms with Crippen LogP contribution < -0.4 is 0 Å². The van der Waals surface area contributed by atoms with Gasteiger partial charge < -0.3 is 24.1 Å². The third kappa shape index (κ3) is 5.87. The molecule has 2 aliphatic rings. The van der Waals surface area contributed by atoms with Gasteiger partial charge in [-0.25, -0.2) is 4.98 Å². The average molecular weight is 528 g/mol. The summed E-state index contributed by atoms with van der Waals surface area (Å²) in [4.78, 5) is 31.1. The van der Waals surface area contributed by atoms with Crippen molar-refractivity contribution in [2.24, 2.45) is 17.3 Å². The first kappa shape index (κ1) is 28.5. The molecule has 3 heterocycles. The van der Waals surface area contributed by atoms with Gasteiger partial charge in [-0.15, -0.1) is 6.58 Å². The number of hydrogen-bond acceptors (Lipinski definition) is 8. The van der Waals surface area contributed by atoms with Gasteiger partial charge in [0, 0.05) is 19.3 Å². The van der Waals surface area contributed by atoms with Crippen LogP contribution in [0.2, 0.25) is 0 Å². The van der Waals surface area contributed by atoms with Crippen LogP contribution in [0, 0.1) is 24.2 Å². The minimum atomic E-state index is -1.28. The number of esters is 1. The molecule has 8 nitrogen and oxygen atoms in total. The molecular weight excluding hydrogens is 486 g/mol. The number of ether oxygens (including phenoxy) is 2. The molecule has 0 bridgehead atoms.